The van der Waals surface area contributed by atoms with Crippen LogP contribution in [0.2, 0.25) is 0 Å². The molecule has 3 aromatic rings. The van der Waals surface area contributed by atoms with Gasteiger partial charge in [0.25, 0.3) is 5.91 Å². The fourth-order valence-electron chi connectivity index (χ4n) is 3.53. The molecule has 4 rings (SSSR count). The Morgan fingerprint density at radius 2 is 1.96 bits per heavy atom. The number of nitrogens with one attached hydrogen (secondary N) is 1. The van der Waals surface area contributed by atoms with Crippen molar-refractivity contribution in [2.24, 2.45) is 0 Å². The van der Waals surface area contributed by atoms with Gasteiger partial charge in [-0.15, -0.1) is 0 Å². The van der Waals surface area contributed by atoms with Gasteiger partial charge in [-0.2, -0.15) is 5.10 Å². The van der Waals surface area contributed by atoms with Gasteiger partial charge in [-0.1, -0.05) is 0 Å². The highest BCUT2D eigenvalue weighted by molar-refractivity contribution is 5.94. The number of hydrogen-bond acceptors (Lipinski definition) is 3. The third-order valence-corrected chi connectivity index (χ3v) is 4.99. The summed E-state index contributed by atoms with van der Waals surface area (Å²) < 4.78 is 33.6. The normalized spacial score (nSPS) is 15.8. The van der Waals surface area contributed by atoms with E-state index in [0.29, 0.717) is 0 Å². The topological polar surface area (TPSA) is 56.1 Å². The predicted molar refractivity (Wildman–Crippen MR) is 99.6 cm³/mol. The standard InChI is InChI=1S/C21H19F2N3O2/c1-28-15-8-6-14(7-9-15)26-20-4-2-3-19(16(20)12-24-26)25-21(27)13-5-10-17(22)18(23)11-13/h5-12,19H,2-4H2,1H3,(H,25,27). The first-order chi connectivity index (χ1) is 13.6. The first-order valence-electron chi connectivity index (χ1n) is 9.04. The molecule has 1 amide bonds. The summed E-state index contributed by atoms with van der Waals surface area (Å²) in [5.41, 5.74) is 2.98. The minimum Gasteiger partial charge on any atom is -0.497 e. The third kappa shape index (κ3) is 3.35. The molecule has 0 saturated heterocycles. The van der Waals surface area contributed by atoms with Crippen molar-refractivity contribution in [3.8, 4) is 11.4 Å². The molecule has 1 N–H and O–H groups in total. The lowest BCUT2D eigenvalue weighted by molar-refractivity contribution is 0.0932. The molecular formula is C21H19F2N3O2. The summed E-state index contributed by atoms with van der Waals surface area (Å²) in [4.78, 5) is 12.5. The van der Waals surface area contributed by atoms with E-state index in [1.165, 1.54) is 6.07 Å². The predicted octanol–water partition coefficient (Wildman–Crippen LogP) is 3.97. The Morgan fingerprint density at radius 1 is 1.18 bits per heavy atom. The zero-order valence-corrected chi connectivity index (χ0v) is 15.3. The SMILES string of the molecule is COc1ccc(-n2ncc3c2CCCC3NC(=O)c2ccc(F)c(F)c2)cc1. The second-order valence-corrected chi connectivity index (χ2v) is 6.70. The number of carbonyl (C=O) groups is 1. The number of methoxy groups -OCH3 is 1. The maximum atomic E-state index is 13.4. The number of nitrogens with zero attached hydrogens (tertiary/aromatic N) is 2. The molecule has 1 unspecified atom stereocenters. The Balaban J connectivity index is 1.58. The van der Waals surface area contributed by atoms with E-state index < -0.39 is 17.5 Å². The summed E-state index contributed by atoms with van der Waals surface area (Å²) in [6, 6.07) is 10.5. The molecule has 0 spiro atoms. The average molecular weight is 383 g/mol. The monoisotopic (exact) mass is 383 g/mol. The first kappa shape index (κ1) is 18.2. The molecule has 0 saturated carbocycles. The highest BCUT2D eigenvalue weighted by Gasteiger charge is 2.26. The van der Waals surface area contributed by atoms with Crippen LogP contribution in [-0.2, 0) is 6.42 Å². The van der Waals surface area contributed by atoms with Gasteiger partial charge in [-0.25, -0.2) is 13.5 Å². The van der Waals surface area contributed by atoms with Gasteiger partial charge in [0.15, 0.2) is 11.6 Å². The molecule has 7 heteroatoms. The number of halogens is 2. The Hall–Kier alpha value is -3.22. The van der Waals surface area contributed by atoms with E-state index in [0.717, 1.165) is 54.1 Å². The molecular weight excluding hydrogens is 364 g/mol. The Labute approximate surface area is 160 Å². The molecule has 1 atom stereocenters. The first-order valence-corrected chi connectivity index (χ1v) is 9.04. The van der Waals surface area contributed by atoms with E-state index in [1.807, 2.05) is 28.9 Å². The zero-order valence-electron chi connectivity index (χ0n) is 15.3. The second kappa shape index (κ2) is 7.42. The van der Waals surface area contributed by atoms with Crippen LogP contribution in [0.4, 0.5) is 8.78 Å². The van der Waals surface area contributed by atoms with Crippen LogP contribution in [0, 0.1) is 11.6 Å². The summed E-state index contributed by atoms with van der Waals surface area (Å²) in [5.74, 6) is -1.68. The Kier molecular flexibility index (Phi) is 4.81. The van der Waals surface area contributed by atoms with Gasteiger partial charge >= 0.3 is 0 Å². The second-order valence-electron chi connectivity index (χ2n) is 6.70. The fourth-order valence-corrected chi connectivity index (χ4v) is 3.53. The molecule has 0 radical (unpaired) electrons. The van der Waals surface area contributed by atoms with E-state index in [9.17, 15) is 13.6 Å². The lowest BCUT2D eigenvalue weighted by atomic mass is 9.92. The number of benzene rings is 2. The minimum absolute atomic E-state index is 0.0913. The maximum Gasteiger partial charge on any atom is 0.251 e. The molecule has 0 fully saturated rings. The molecule has 0 bridgehead atoms. The molecule has 0 aliphatic heterocycles. The van der Waals surface area contributed by atoms with Crippen LogP contribution in [0.15, 0.2) is 48.7 Å². The number of hydrogen-bond donors (Lipinski definition) is 1. The number of ether oxygens (including phenoxy) is 1. The number of rotatable bonds is 4. The summed E-state index contributed by atoms with van der Waals surface area (Å²) >= 11 is 0. The number of fused-ring (bicyclic) bond motifs is 1. The lowest BCUT2D eigenvalue weighted by Gasteiger charge is -2.24. The van der Waals surface area contributed by atoms with Crippen molar-refractivity contribution < 1.29 is 18.3 Å². The van der Waals surface area contributed by atoms with Crippen LogP contribution in [-0.4, -0.2) is 22.8 Å². The average Bonchev–Trinajstić information content (AvgIpc) is 3.15. The van der Waals surface area contributed by atoms with Gasteiger partial charge in [0.2, 0.25) is 0 Å². The highest BCUT2D eigenvalue weighted by atomic mass is 19.2. The zero-order chi connectivity index (χ0) is 19.7. The number of amides is 1. The Morgan fingerprint density at radius 3 is 2.68 bits per heavy atom. The quantitative estimate of drug-likeness (QED) is 0.742. The van der Waals surface area contributed by atoms with E-state index >= 15 is 0 Å². The summed E-state index contributed by atoms with van der Waals surface area (Å²) in [6.45, 7) is 0. The van der Waals surface area contributed by atoms with E-state index in [-0.39, 0.29) is 11.6 Å². The molecule has 1 aliphatic rings. The maximum absolute atomic E-state index is 13.4. The van der Waals surface area contributed by atoms with Crippen molar-refractivity contribution in [3.05, 3.63) is 77.1 Å². The third-order valence-electron chi connectivity index (χ3n) is 4.99. The van der Waals surface area contributed by atoms with E-state index in [2.05, 4.69) is 10.4 Å². The van der Waals surface area contributed by atoms with Crippen LogP contribution in [0.5, 0.6) is 5.75 Å². The number of carbonyl (C=O) groups excluding carboxylic acids is 1. The van der Waals surface area contributed by atoms with Crippen LogP contribution in [0.1, 0.15) is 40.5 Å². The van der Waals surface area contributed by atoms with Crippen LogP contribution < -0.4 is 10.1 Å². The largest absolute Gasteiger partial charge is 0.497 e. The number of aromatic nitrogens is 2. The minimum atomic E-state index is -1.04. The Bertz CT molecular complexity index is 1010. The van der Waals surface area contributed by atoms with Gasteiger partial charge in [-0.05, 0) is 61.7 Å². The van der Waals surface area contributed by atoms with Crippen molar-refractivity contribution in [3.63, 3.8) is 0 Å². The molecule has 1 aromatic heterocycles. The van der Waals surface area contributed by atoms with Crippen LogP contribution >= 0.6 is 0 Å². The summed E-state index contributed by atoms with van der Waals surface area (Å²) in [6.07, 6.45) is 4.25. The van der Waals surface area contributed by atoms with Crippen LogP contribution in [0.3, 0.4) is 0 Å². The molecule has 2 aromatic carbocycles. The van der Waals surface area contributed by atoms with Gasteiger partial charge in [-0.3, -0.25) is 4.79 Å². The molecule has 1 heterocycles. The smallest absolute Gasteiger partial charge is 0.251 e. The van der Waals surface area contributed by atoms with Gasteiger partial charge in [0, 0.05) is 16.8 Å². The molecule has 144 valence electrons. The lowest BCUT2D eigenvalue weighted by Crippen LogP contribution is -2.31. The summed E-state index contributed by atoms with van der Waals surface area (Å²) in [7, 11) is 1.62. The van der Waals surface area contributed by atoms with Gasteiger partial charge < -0.3 is 10.1 Å². The highest BCUT2D eigenvalue weighted by Crippen LogP contribution is 2.31. The van der Waals surface area contributed by atoms with Crippen molar-refractivity contribution in [1.29, 1.82) is 0 Å². The van der Waals surface area contributed by atoms with Gasteiger partial charge in [0.1, 0.15) is 5.75 Å². The van der Waals surface area contributed by atoms with Crippen molar-refractivity contribution in [1.82, 2.24) is 15.1 Å². The molecule has 1 aliphatic carbocycles. The summed E-state index contributed by atoms with van der Waals surface area (Å²) in [5, 5.41) is 7.41. The molecule has 5 nitrogen and oxygen atoms in total. The fraction of sp³-hybridized carbons (Fsp3) is 0.238. The van der Waals surface area contributed by atoms with E-state index in [1.54, 1.807) is 13.3 Å². The van der Waals surface area contributed by atoms with E-state index in [4.69, 9.17) is 4.74 Å². The van der Waals surface area contributed by atoms with Crippen LogP contribution in [0.25, 0.3) is 5.69 Å². The van der Waals surface area contributed by atoms with Crippen molar-refractivity contribution in [2.75, 3.05) is 7.11 Å². The molecule has 28 heavy (non-hydrogen) atoms. The van der Waals surface area contributed by atoms with Gasteiger partial charge in [0.05, 0.1) is 25.0 Å². The van der Waals surface area contributed by atoms with Crippen molar-refractivity contribution >= 4 is 5.91 Å². The van der Waals surface area contributed by atoms with Crippen molar-refractivity contribution in [2.45, 2.75) is 25.3 Å².